The van der Waals surface area contributed by atoms with E-state index in [0.29, 0.717) is 24.2 Å². The molecule has 0 aliphatic carbocycles. The molecule has 0 spiro atoms. The topological polar surface area (TPSA) is 81.2 Å². The Morgan fingerprint density at radius 3 is 2.46 bits per heavy atom. The Balaban J connectivity index is 1.68. The molecule has 28 heavy (non-hydrogen) atoms. The number of fused-ring (bicyclic) bond motifs is 1. The Hall–Kier alpha value is -3.48. The molecule has 0 saturated heterocycles. The van der Waals surface area contributed by atoms with Crippen LogP contribution in [-0.4, -0.2) is 32.5 Å². The van der Waals surface area contributed by atoms with Crippen LogP contribution < -0.4 is 5.73 Å². The first-order valence-corrected chi connectivity index (χ1v) is 8.93. The van der Waals surface area contributed by atoms with Crippen LogP contribution in [0.5, 0.6) is 0 Å². The van der Waals surface area contributed by atoms with E-state index >= 15 is 0 Å². The molecule has 1 atom stereocenters. The zero-order valence-corrected chi connectivity index (χ0v) is 15.3. The zero-order valence-electron chi connectivity index (χ0n) is 15.3. The van der Waals surface area contributed by atoms with Crippen molar-refractivity contribution in [1.82, 2.24) is 14.7 Å². The normalized spacial score (nSPS) is 15.9. The summed E-state index contributed by atoms with van der Waals surface area (Å²) in [6.45, 7) is 2.07. The van der Waals surface area contributed by atoms with Crippen LogP contribution in [-0.2, 0) is 17.8 Å². The van der Waals surface area contributed by atoms with Crippen LogP contribution in [0.15, 0.2) is 54.7 Å². The lowest BCUT2D eigenvalue weighted by molar-refractivity contribution is -0.122. The molecular formula is C21H19FN4O2. The highest BCUT2D eigenvalue weighted by atomic mass is 19.1. The number of carbonyl (C=O) groups excluding carboxylic acids is 2. The molecule has 0 bridgehead atoms. The third-order valence-corrected chi connectivity index (χ3v) is 5.03. The summed E-state index contributed by atoms with van der Waals surface area (Å²) in [5.74, 6) is -1.24. The van der Waals surface area contributed by atoms with Gasteiger partial charge in [-0.25, -0.2) is 9.07 Å². The number of hydrogen-bond donors (Lipinski definition) is 1. The van der Waals surface area contributed by atoms with Gasteiger partial charge in [0.2, 0.25) is 5.91 Å². The Morgan fingerprint density at radius 2 is 1.79 bits per heavy atom. The number of primary amides is 1. The summed E-state index contributed by atoms with van der Waals surface area (Å²) in [5.41, 5.74) is 9.14. The van der Waals surface area contributed by atoms with E-state index in [1.165, 1.54) is 21.7 Å². The van der Waals surface area contributed by atoms with Crippen LogP contribution >= 0.6 is 0 Å². The highest BCUT2D eigenvalue weighted by molar-refractivity contribution is 5.97. The average molecular weight is 378 g/mol. The molecular weight excluding hydrogens is 359 g/mol. The third kappa shape index (κ3) is 3.15. The molecule has 1 aliphatic rings. The number of nitrogens with zero attached hydrogens (tertiary/aromatic N) is 3. The van der Waals surface area contributed by atoms with Gasteiger partial charge in [0, 0.05) is 24.7 Å². The van der Waals surface area contributed by atoms with Crippen LogP contribution in [0.3, 0.4) is 0 Å². The fraction of sp³-hybridized carbons (Fsp3) is 0.190. The molecule has 0 saturated carbocycles. The number of benzene rings is 2. The van der Waals surface area contributed by atoms with Crippen LogP contribution in [0.4, 0.5) is 4.39 Å². The standard InChI is InChI=1S/C21H19FN4O2/c1-13-11-26(17-8-6-16(22)7-9-17)24-19(13)21(28)25-12-15-5-3-2-4-14(15)10-18(25)20(23)27/h2-9,11,18H,10,12H2,1H3,(H2,23,27)/t18-/m0/s1. The van der Waals surface area contributed by atoms with E-state index in [0.717, 1.165) is 11.1 Å². The first kappa shape index (κ1) is 17.9. The molecule has 2 heterocycles. The molecule has 0 unspecified atom stereocenters. The van der Waals surface area contributed by atoms with Crippen molar-refractivity contribution < 1.29 is 14.0 Å². The predicted octanol–water partition coefficient (Wildman–Crippen LogP) is 2.37. The second-order valence-corrected chi connectivity index (χ2v) is 6.91. The SMILES string of the molecule is Cc1cn(-c2ccc(F)cc2)nc1C(=O)N1Cc2ccccc2C[C@H]1C(N)=O. The maximum Gasteiger partial charge on any atom is 0.275 e. The lowest BCUT2D eigenvalue weighted by Gasteiger charge is -2.34. The van der Waals surface area contributed by atoms with Crippen LogP contribution in [0, 0.1) is 12.7 Å². The molecule has 0 radical (unpaired) electrons. The van der Waals surface area contributed by atoms with E-state index in [-0.39, 0.29) is 17.4 Å². The van der Waals surface area contributed by atoms with Crippen molar-refractivity contribution in [2.75, 3.05) is 0 Å². The molecule has 2 N–H and O–H groups in total. The van der Waals surface area contributed by atoms with Gasteiger partial charge in [-0.3, -0.25) is 9.59 Å². The van der Waals surface area contributed by atoms with Crippen LogP contribution in [0.25, 0.3) is 5.69 Å². The van der Waals surface area contributed by atoms with Crippen molar-refractivity contribution in [1.29, 1.82) is 0 Å². The average Bonchev–Trinajstić information content (AvgIpc) is 3.08. The van der Waals surface area contributed by atoms with Crippen molar-refractivity contribution in [3.63, 3.8) is 0 Å². The highest BCUT2D eigenvalue weighted by Gasteiger charge is 2.35. The zero-order chi connectivity index (χ0) is 19.8. The summed E-state index contributed by atoms with van der Waals surface area (Å²) >= 11 is 0. The number of aromatic nitrogens is 2. The van der Waals surface area contributed by atoms with Crippen molar-refractivity contribution in [3.05, 3.63) is 82.9 Å². The lowest BCUT2D eigenvalue weighted by Crippen LogP contribution is -2.51. The van der Waals surface area contributed by atoms with Gasteiger partial charge in [-0.1, -0.05) is 24.3 Å². The van der Waals surface area contributed by atoms with Gasteiger partial charge in [-0.2, -0.15) is 5.10 Å². The Labute approximate surface area is 161 Å². The van der Waals surface area contributed by atoms with Crippen molar-refractivity contribution in [2.24, 2.45) is 5.73 Å². The van der Waals surface area contributed by atoms with Gasteiger partial charge in [0.25, 0.3) is 5.91 Å². The minimum absolute atomic E-state index is 0.245. The minimum atomic E-state index is -0.724. The summed E-state index contributed by atoms with van der Waals surface area (Å²) < 4.78 is 14.7. The monoisotopic (exact) mass is 378 g/mol. The second kappa shape index (κ2) is 6.92. The maximum atomic E-state index is 13.2. The molecule has 4 rings (SSSR count). The fourth-order valence-corrected chi connectivity index (χ4v) is 3.52. The number of amides is 2. The van der Waals surface area contributed by atoms with Crippen molar-refractivity contribution >= 4 is 11.8 Å². The lowest BCUT2D eigenvalue weighted by atomic mass is 9.93. The minimum Gasteiger partial charge on any atom is -0.368 e. The van der Waals surface area contributed by atoms with Gasteiger partial charge >= 0.3 is 0 Å². The summed E-state index contributed by atoms with van der Waals surface area (Å²) in [7, 11) is 0. The van der Waals surface area contributed by atoms with Gasteiger partial charge in [-0.15, -0.1) is 0 Å². The van der Waals surface area contributed by atoms with Crippen LogP contribution in [0.2, 0.25) is 0 Å². The molecule has 3 aromatic rings. The number of hydrogen-bond acceptors (Lipinski definition) is 3. The maximum absolute atomic E-state index is 13.2. The Kier molecular flexibility index (Phi) is 4.43. The van der Waals surface area contributed by atoms with E-state index in [9.17, 15) is 14.0 Å². The smallest absolute Gasteiger partial charge is 0.275 e. The second-order valence-electron chi connectivity index (χ2n) is 6.91. The predicted molar refractivity (Wildman–Crippen MR) is 101 cm³/mol. The van der Waals surface area contributed by atoms with E-state index in [4.69, 9.17) is 5.73 Å². The van der Waals surface area contributed by atoms with E-state index < -0.39 is 11.9 Å². The molecule has 6 nitrogen and oxygen atoms in total. The first-order chi connectivity index (χ1) is 13.4. The summed E-state index contributed by atoms with van der Waals surface area (Å²) in [6, 6.07) is 12.8. The fourth-order valence-electron chi connectivity index (χ4n) is 3.52. The number of nitrogens with two attached hydrogens (primary N) is 1. The molecule has 7 heteroatoms. The molecule has 2 aromatic carbocycles. The van der Waals surface area contributed by atoms with Crippen LogP contribution in [0.1, 0.15) is 27.2 Å². The van der Waals surface area contributed by atoms with E-state index in [1.54, 1.807) is 25.3 Å². The van der Waals surface area contributed by atoms with Gasteiger partial charge < -0.3 is 10.6 Å². The molecule has 2 amide bonds. The van der Waals surface area contributed by atoms with E-state index in [1.807, 2.05) is 24.3 Å². The number of carbonyl (C=O) groups is 2. The summed E-state index contributed by atoms with van der Waals surface area (Å²) in [4.78, 5) is 26.7. The summed E-state index contributed by atoms with van der Waals surface area (Å²) in [5, 5.41) is 4.39. The largest absolute Gasteiger partial charge is 0.368 e. The van der Waals surface area contributed by atoms with Gasteiger partial charge in [0.05, 0.1) is 5.69 Å². The van der Waals surface area contributed by atoms with Gasteiger partial charge in [0.15, 0.2) is 5.69 Å². The third-order valence-electron chi connectivity index (χ3n) is 5.03. The van der Waals surface area contributed by atoms with Crippen molar-refractivity contribution in [2.45, 2.75) is 25.9 Å². The highest BCUT2D eigenvalue weighted by Crippen LogP contribution is 2.25. The quantitative estimate of drug-likeness (QED) is 0.760. The Morgan fingerprint density at radius 1 is 1.11 bits per heavy atom. The first-order valence-electron chi connectivity index (χ1n) is 8.93. The molecule has 142 valence electrons. The van der Waals surface area contributed by atoms with Crippen molar-refractivity contribution in [3.8, 4) is 5.69 Å². The summed E-state index contributed by atoms with van der Waals surface area (Å²) in [6.07, 6.45) is 2.09. The van der Waals surface area contributed by atoms with E-state index in [2.05, 4.69) is 5.10 Å². The Bertz CT molecular complexity index is 1060. The number of aryl methyl sites for hydroxylation is 1. The molecule has 1 aliphatic heterocycles. The number of rotatable bonds is 3. The number of halogens is 1. The molecule has 0 fully saturated rings. The molecule has 1 aromatic heterocycles. The van der Waals surface area contributed by atoms with Gasteiger partial charge in [-0.05, 0) is 42.3 Å². The van der Waals surface area contributed by atoms with Gasteiger partial charge in [0.1, 0.15) is 11.9 Å².